The summed E-state index contributed by atoms with van der Waals surface area (Å²) >= 11 is 0. The van der Waals surface area contributed by atoms with Gasteiger partial charge in [0.2, 0.25) is 6.29 Å². The molecule has 0 radical (unpaired) electrons. The van der Waals surface area contributed by atoms with E-state index >= 15 is 0 Å². The lowest BCUT2D eigenvalue weighted by molar-refractivity contribution is -0.385. The molecule has 0 bridgehead atoms. The van der Waals surface area contributed by atoms with Crippen LogP contribution in [-0.4, -0.2) is 53.5 Å². The number of amides is 1. The number of unbranched alkanes of at least 4 members (excludes halogenated alkanes) is 1. The fraction of sp³-hybridized carbons (Fsp3) is 0.600. The normalized spacial score (nSPS) is 18.5. The van der Waals surface area contributed by atoms with Crippen molar-refractivity contribution in [1.29, 1.82) is 0 Å². The fourth-order valence-electron chi connectivity index (χ4n) is 2.89. The molecule has 0 spiro atoms. The van der Waals surface area contributed by atoms with Gasteiger partial charge in [0.15, 0.2) is 5.76 Å². The van der Waals surface area contributed by atoms with E-state index in [1.807, 2.05) is 6.08 Å². The average Bonchev–Trinajstić information content (AvgIpc) is 2.74. The smallest absolute Gasteiger partial charge is 0.287 e. The van der Waals surface area contributed by atoms with Gasteiger partial charge in [-0.1, -0.05) is 13.8 Å². The minimum atomic E-state index is -0.511. The summed E-state index contributed by atoms with van der Waals surface area (Å²) in [7, 11) is 0. The lowest BCUT2D eigenvalue weighted by Gasteiger charge is -2.30. The molecule has 1 aliphatic rings. The van der Waals surface area contributed by atoms with Crippen LogP contribution < -0.4 is 10.6 Å². The third-order valence-electron chi connectivity index (χ3n) is 4.70. The number of aromatic nitrogens is 1. The van der Waals surface area contributed by atoms with Crippen LogP contribution in [0.1, 0.15) is 33.1 Å². The van der Waals surface area contributed by atoms with Crippen LogP contribution in [0.15, 0.2) is 30.2 Å². The van der Waals surface area contributed by atoms with Gasteiger partial charge >= 0.3 is 0 Å². The molecule has 0 fully saturated rings. The van der Waals surface area contributed by atoms with Crippen LogP contribution in [0.25, 0.3) is 0 Å². The highest BCUT2D eigenvalue weighted by atomic mass is 16.7. The van der Waals surface area contributed by atoms with Gasteiger partial charge in [-0.05, 0) is 36.8 Å². The van der Waals surface area contributed by atoms with Crippen molar-refractivity contribution in [2.24, 2.45) is 11.8 Å². The van der Waals surface area contributed by atoms with Crippen molar-refractivity contribution in [3.8, 4) is 0 Å². The van der Waals surface area contributed by atoms with E-state index in [1.165, 1.54) is 18.3 Å². The number of pyridine rings is 1. The van der Waals surface area contributed by atoms with E-state index in [4.69, 9.17) is 14.6 Å². The van der Waals surface area contributed by atoms with Crippen molar-refractivity contribution in [3.05, 3.63) is 40.3 Å². The topological polar surface area (TPSA) is 136 Å². The van der Waals surface area contributed by atoms with Gasteiger partial charge in [0, 0.05) is 32.2 Å². The molecule has 3 N–H and O–H groups in total. The second-order valence-corrected chi connectivity index (χ2v) is 7.36. The van der Waals surface area contributed by atoms with E-state index in [9.17, 15) is 14.9 Å². The fourth-order valence-corrected chi connectivity index (χ4v) is 2.89. The summed E-state index contributed by atoms with van der Waals surface area (Å²) in [5, 5.41) is 25.3. The van der Waals surface area contributed by atoms with E-state index in [0.717, 1.165) is 6.42 Å². The van der Waals surface area contributed by atoms with E-state index in [2.05, 4.69) is 29.5 Å². The summed E-state index contributed by atoms with van der Waals surface area (Å²) in [4.78, 5) is 26.6. The molecule has 2 atom stereocenters. The SMILES string of the molecule is CC(C)[C@H]1C=C(C(=O)NCCNc2ccc([N+](=O)[O-])cn2)O[C@@H](OCCCCO)C1. The largest absolute Gasteiger partial charge is 0.459 e. The molecule has 0 unspecified atom stereocenters. The van der Waals surface area contributed by atoms with Crippen LogP contribution in [0.5, 0.6) is 0 Å². The Labute approximate surface area is 175 Å². The number of nitrogens with zero attached hydrogens (tertiary/aromatic N) is 2. The number of anilines is 1. The molecule has 1 aromatic rings. The molecule has 1 amide bonds. The number of hydrogen-bond donors (Lipinski definition) is 3. The number of allylic oxidation sites excluding steroid dienone is 1. The average molecular weight is 422 g/mol. The predicted molar refractivity (Wildman–Crippen MR) is 111 cm³/mol. The van der Waals surface area contributed by atoms with Crippen molar-refractivity contribution in [2.75, 3.05) is 31.6 Å². The quantitative estimate of drug-likeness (QED) is 0.265. The van der Waals surface area contributed by atoms with Gasteiger partial charge in [0.1, 0.15) is 12.0 Å². The molecule has 30 heavy (non-hydrogen) atoms. The first-order valence-electron chi connectivity index (χ1n) is 10.1. The Hall–Kier alpha value is -2.72. The molecule has 166 valence electrons. The number of nitrogens with one attached hydrogen (secondary N) is 2. The van der Waals surface area contributed by atoms with Gasteiger partial charge in [-0.2, -0.15) is 0 Å². The zero-order valence-corrected chi connectivity index (χ0v) is 17.4. The number of hydrogen-bond acceptors (Lipinski definition) is 8. The van der Waals surface area contributed by atoms with Gasteiger partial charge in [-0.15, -0.1) is 0 Å². The number of aliphatic hydroxyl groups excluding tert-OH is 1. The molecule has 1 aliphatic heterocycles. The second kappa shape index (κ2) is 12.1. The first-order valence-corrected chi connectivity index (χ1v) is 10.1. The highest BCUT2D eigenvalue weighted by Crippen LogP contribution is 2.28. The van der Waals surface area contributed by atoms with Gasteiger partial charge in [0.25, 0.3) is 11.6 Å². The molecule has 2 heterocycles. The van der Waals surface area contributed by atoms with Crippen molar-refractivity contribution < 1.29 is 24.3 Å². The Morgan fingerprint density at radius 3 is 2.83 bits per heavy atom. The Kier molecular flexibility index (Phi) is 9.49. The van der Waals surface area contributed by atoms with Crippen molar-refractivity contribution in [2.45, 2.75) is 39.4 Å². The molecule has 0 saturated carbocycles. The number of nitro groups is 1. The molecule has 0 aromatic carbocycles. The Morgan fingerprint density at radius 2 is 2.20 bits per heavy atom. The van der Waals surface area contributed by atoms with Crippen LogP contribution in [0.3, 0.4) is 0 Å². The lowest BCUT2D eigenvalue weighted by Crippen LogP contribution is -2.36. The van der Waals surface area contributed by atoms with Crippen LogP contribution in [0.2, 0.25) is 0 Å². The summed E-state index contributed by atoms with van der Waals surface area (Å²) in [6, 6.07) is 2.88. The maximum atomic E-state index is 12.5. The summed E-state index contributed by atoms with van der Waals surface area (Å²) < 4.78 is 11.5. The van der Waals surface area contributed by atoms with Crippen LogP contribution in [-0.2, 0) is 14.3 Å². The maximum Gasteiger partial charge on any atom is 0.287 e. The molecule has 2 rings (SSSR count). The molecule has 1 aromatic heterocycles. The molecule has 0 aliphatic carbocycles. The highest BCUT2D eigenvalue weighted by molar-refractivity contribution is 5.91. The Bertz CT molecular complexity index is 723. The van der Waals surface area contributed by atoms with E-state index < -0.39 is 11.2 Å². The molecule has 0 saturated heterocycles. The number of ether oxygens (including phenoxy) is 2. The summed E-state index contributed by atoms with van der Waals surface area (Å²) in [5.74, 6) is 0.933. The predicted octanol–water partition coefficient (Wildman–Crippen LogP) is 2.21. The van der Waals surface area contributed by atoms with Gasteiger partial charge in [-0.3, -0.25) is 14.9 Å². The third kappa shape index (κ3) is 7.60. The number of rotatable bonds is 12. The first-order chi connectivity index (χ1) is 14.4. The van der Waals surface area contributed by atoms with Gasteiger partial charge < -0.3 is 25.2 Å². The highest BCUT2D eigenvalue weighted by Gasteiger charge is 2.29. The summed E-state index contributed by atoms with van der Waals surface area (Å²) in [6.07, 6.45) is 4.62. The molecular formula is C20H30N4O6. The minimum absolute atomic E-state index is 0.0805. The lowest BCUT2D eigenvalue weighted by atomic mass is 9.90. The zero-order valence-electron chi connectivity index (χ0n) is 17.4. The first kappa shape index (κ1) is 23.6. The molecule has 10 heteroatoms. The van der Waals surface area contributed by atoms with Crippen LogP contribution in [0, 0.1) is 22.0 Å². The minimum Gasteiger partial charge on any atom is -0.459 e. The van der Waals surface area contributed by atoms with Crippen molar-refractivity contribution in [1.82, 2.24) is 10.3 Å². The van der Waals surface area contributed by atoms with Crippen LogP contribution in [0.4, 0.5) is 11.5 Å². The summed E-state index contributed by atoms with van der Waals surface area (Å²) in [5.41, 5.74) is -0.0805. The maximum absolute atomic E-state index is 12.5. The monoisotopic (exact) mass is 422 g/mol. The number of carbonyl (C=O) groups excluding carboxylic acids is 1. The van der Waals surface area contributed by atoms with Gasteiger partial charge in [0.05, 0.1) is 11.5 Å². The van der Waals surface area contributed by atoms with E-state index in [1.54, 1.807) is 0 Å². The van der Waals surface area contributed by atoms with E-state index in [0.29, 0.717) is 44.3 Å². The number of carbonyl (C=O) groups is 1. The van der Waals surface area contributed by atoms with Crippen LogP contribution >= 0.6 is 0 Å². The van der Waals surface area contributed by atoms with Crippen molar-refractivity contribution >= 4 is 17.4 Å². The molecular weight excluding hydrogens is 392 g/mol. The van der Waals surface area contributed by atoms with E-state index in [-0.39, 0.29) is 29.9 Å². The standard InChI is InChI=1S/C20H30N4O6/c1-14(2)15-11-17(30-19(12-15)29-10-4-3-9-25)20(26)22-8-7-21-18-6-5-16(13-23-18)24(27)28/h5-6,11,13-15,19,25H,3-4,7-10,12H2,1-2H3,(H,21,23)(H,22,26)/t15-,19+/m0/s1. The Morgan fingerprint density at radius 1 is 1.40 bits per heavy atom. The Balaban J connectivity index is 1.80. The second-order valence-electron chi connectivity index (χ2n) is 7.36. The molecule has 10 nitrogen and oxygen atoms in total. The summed E-state index contributed by atoms with van der Waals surface area (Å²) in [6.45, 7) is 5.50. The number of aliphatic hydroxyl groups is 1. The zero-order chi connectivity index (χ0) is 21.9. The third-order valence-corrected chi connectivity index (χ3v) is 4.70. The van der Waals surface area contributed by atoms with Gasteiger partial charge in [-0.25, -0.2) is 4.98 Å². The van der Waals surface area contributed by atoms with Crippen molar-refractivity contribution in [3.63, 3.8) is 0 Å².